The summed E-state index contributed by atoms with van der Waals surface area (Å²) < 4.78 is 10.6. The molecular weight excluding hydrogens is 282 g/mol. The number of carbonyl (C=O) groups excluding carboxylic acids is 1. The minimum absolute atomic E-state index is 0.177. The Bertz CT molecular complexity index is 491. The van der Waals surface area contributed by atoms with Crippen LogP contribution in [0.5, 0.6) is 0 Å². The van der Waals surface area contributed by atoms with Crippen molar-refractivity contribution in [3.05, 3.63) is 11.7 Å². The largest absolute Gasteiger partial charge is 0.381 e. The quantitative estimate of drug-likeness (QED) is 0.835. The summed E-state index contributed by atoms with van der Waals surface area (Å²) in [6.45, 7) is 1.43. The van der Waals surface area contributed by atoms with E-state index in [2.05, 4.69) is 10.1 Å². The van der Waals surface area contributed by atoms with Gasteiger partial charge in [-0.3, -0.25) is 4.79 Å². The minimum Gasteiger partial charge on any atom is -0.381 e. The van der Waals surface area contributed by atoms with Crippen molar-refractivity contribution >= 4 is 5.91 Å². The Hall–Kier alpha value is -1.43. The van der Waals surface area contributed by atoms with Crippen LogP contribution in [0.25, 0.3) is 0 Å². The van der Waals surface area contributed by atoms with E-state index in [4.69, 9.17) is 9.26 Å². The number of rotatable bonds is 5. The summed E-state index contributed by atoms with van der Waals surface area (Å²) in [4.78, 5) is 18.6. The Balaban J connectivity index is 1.48. The molecule has 1 saturated carbocycles. The second-order valence-electron chi connectivity index (χ2n) is 6.40. The number of hydrogen-bond acceptors (Lipinski definition) is 5. The molecule has 6 nitrogen and oxygen atoms in total. The number of hydrogen-bond donors (Lipinski definition) is 0. The number of aromatic nitrogens is 2. The van der Waals surface area contributed by atoms with E-state index in [9.17, 15) is 4.79 Å². The lowest BCUT2D eigenvalue weighted by atomic mass is 9.94. The van der Waals surface area contributed by atoms with Crippen LogP contribution in [0.4, 0.5) is 0 Å². The van der Waals surface area contributed by atoms with Gasteiger partial charge in [-0.25, -0.2) is 0 Å². The molecule has 1 saturated heterocycles. The van der Waals surface area contributed by atoms with Crippen LogP contribution in [0, 0.1) is 0 Å². The fourth-order valence-corrected chi connectivity index (χ4v) is 3.34. The molecule has 0 N–H and O–H groups in total. The van der Waals surface area contributed by atoms with Crippen LogP contribution in [0.1, 0.15) is 62.6 Å². The SMILES string of the molecule is CN(C(=O)CCc1nc([C@H]2CCOC2)no1)C1CCCCC1. The van der Waals surface area contributed by atoms with Gasteiger partial charge in [0.05, 0.1) is 6.61 Å². The normalized spacial score (nSPS) is 22.9. The number of carbonyl (C=O) groups is 1. The van der Waals surface area contributed by atoms with Crippen molar-refractivity contribution in [1.29, 1.82) is 0 Å². The van der Waals surface area contributed by atoms with Crippen LogP contribution in [-0.2, 0) is 16.0 Å². The number of ether oxygens (including phenoxy) is 1. The fraction of sp³-hybridized carbons (Fsp3) is 0.812. The van der Waals surface area contributed by atoms with Gasteiger partial charge >= 0.3 is 0 Å². The Morgan fingerprint density at radius 2 is 2.09 bits per heavy atom. The first-order chi connectivity index (χ1) is 10.7. The molecule has 0 unspecified atom stereocenters. The van der Waals surface area contributed by atoms with Gasteiger partial charge in [-0.1, -0.05) is 24.4 Å². The van der Waals surface area contributed by atoms with Gasteiger partial charge in [-0.05, 0) is 19.3 Å². The summed E-state index contributed by atoms with van der Waals surface area (Å²) >= 11 is 0. The van der Waals surface area contributed by atoms with E-state index in [1.165, 1.54) is 19.3 Å². The van der Waals surface area contributed by atoms with Crippen molar-refractivity contribution in [3.63, 3.8) is 0 Å². The van der Waals surface area contributed by atoms with Crippen LogP contribution >= 0.6 is 0 Å². The molecule has 22 heavy (non-hydrogen) atoms. The van der Waals surface area contributed by atoms with E-state index in [0.29, 0.717) is 31.4 Å². The maximum atomic E-state index is 12.3. The summed E-state index contributed by atoms with van der Waals surface area (Å²) in [5, 5.41) is 4.02. The Kier molecular flexibility index (Phi) is 5.08. The monoisotopic (exact) mass is 307 g/mol. The second-order valence-corrected chi connectivity index (χ2v) is 6.40. The van der Waals surface area contributed by atoms with Crippen LogP contribution in [0.3, 0.4) is 0 Å². The molecule has 0 spiro atoms. The molecule has 2 fully saturated rings. The van der Waals surface area contributed by atoms with Crippen molar-refractivity contribution in [3.8, 4) is 0 Å². The van der Waals surface area contributed by atoms with Crippen LogP contribution in [0.2, 0.25) is 0 Å². The maximum absolute atomic E-state index is 12.3. The lowest BCUT2D eigenvalue weighted by Gasteiger charge is -2.31. The molecular formula is C16H25N3O3. The second kappa shape index (κ2) is 7.22. The summed E-state index contributed by atoms with van der Waals surface area (Å²) in [7, 11) is 1.92. The molecule has 1 aliphatic carbocycles. The molecule has 2 aliphatic rings. The highest BCUT2D eigenvalue weighted by molar-refractivity contribution is 5.76. The van der Waals surface area contributed by atoms with E-state index in [1.807, 2.05) is 11.9 Å². The highest BCUT2D eigenvalue weighted by atomic mass is 16.5. The number of amides is 1. The Labute approximate surface area is 131 Å². The first-order valence-electron chi connectivity index (χ1n) is 8.40. The van der Waals surface area contributed by atoms with Crippen molar-refractivity contribution in [2.24, 2.45) is 0 Å². The molecule has 3 rings (SSSR count). The molecule has 0 aromatic carbocycles. The van der Waals surface area contributed by atoms with E-state index in [-0.39, 0.29) is 11.8 Å². The average Bonchev–Trinajstić information content (AvgIpc) is 3.23. The van der Waals surface area contributed by atoms with Crippen molar-refractivity contribution < 1.29 is 14.1 Å². The number of nitrogens with zero attached hydrogens (tertiary/aromatic N) is 3. The van der Waals surface area contributed by atoms with E-state index < -0.39 is 0 Å². The van der Waals surface area contributed by atoms with Crippen molar-refractivity contribution in [1.82, 2.24) is 15.0 Å². The first kappa shape index (κ1) is 15.5. The van der Waals surface area contributed by atoms with Crippen LogP contribution in [-0.4, -0.2) is 47.3 Å². The third kappa shape index (κ3) is 3.66. The minimum atomic E-state index is 0.177. The summed E-state index contributed by atoms with van der Waals surface area (Å²) in [5.41, 5.74) is 0. The summed E-state index contributed by atoms with van der Waals surface area (Å²) in [6.07, 6.45) is 7.95. The van der Waals surface area contributed by atoms with Crippen molar-refractivity contribution in [2.75, 3.05) is 20.3 Å². The van der Waals surface area contributed by atoms with Gasteiger partial charge in [0, 0.05) is 38.5 Å². The van der Waals surface area contributed by atoms with E-state index >= 15 is 0 Å². The standard InChI is InChI=1S/C16H25N3O3/c1-19(13-5-3-2-4-6-13)15(20)8-7-14-17-16(18-22-14)12-9-10-21-11-12/h12-13H,2-11H2,1H3/t12-/m0/s1. The molecule has 1 aromatic rings. The fourth-order valence-electron chi connectivity index (χ4n) is 3.34. The van der Waals surface area contributed by atoms with Crippen LogP contribution in [0.15, 0.2) is 4.52 Å². The lowest BCUT2D eigenvalue weighted by Crippen LogP contribution is -2.38. The number of aryl methyl sites for hydroxylation is 1. The molecule has 2 heterocycles. The van der Waals surface area contributed by atoms with Gasteiger partial charge in [-0.2, -0.15) is 4.98 Å². The zero-order chi connectivity index (χ0) is 15.4. The Morgan fingerprint density at radius 1 is 1.27 bits per heavy atom. The molecule has 1 aliphatic heterocycles. The van der Waals surface area contributed by atoms with Gasteiger partial charge in [0.2, 0.25) is 11.8 Å². The molecule has 122 valence electrons. The van der Waals surface area contributed by atoms with Gasteiger partial charge < -0.3 is 14.2 Å². The van der Waals surface area contributed by atoms with Gasteiger partial charge in [-0.15, -0.1) is 0 Å². The highest BCUT2D eigenvalue weighted by Gasteiger charge is 2.24. The summed E-state index contributed by atoms with van der Waals surface area (Å²) in [6, 6.07) is 0.412. The Morgan fingerprint density at radius 3 is 2.82 bits per heavy atom. The van der Waals surface area contributed by atoms with E-state index in [0.717, 1.165) is 31.7 Å². The molecule has 1 atom stereocenters. The van der Waals surface area contributed by atoms with E-state index in [1.54, 1.807) is 0 Å². The third-order valence-corrected chi connectivity index (χ3v) is 4.85. The topological polar surface area (TPSA) is 68.5 Å². The zero-order valence-corrected chi connectivity index (χ0v) is 13.3. The van der Waals surface area contributed by atoms with Gasteiger partial charge in [0.15, 0.2) is 5.82 Å². The smallest absolute Gasteiger partial charge is 0.227 e. The molecule has 1 amide bonds. The third-order valence-electron chi connectivity index (χ3n) is 4.85. The predicted molar refractivity (Wildman–Crippen MR) is 80.4 cm³/mol. The van der Waals surface area contributed by atoms with Crippen LogP contribution < -0.4 is 0 Å². The zero-order valence-electron chi connectivity index (χ0n) is 13.3. The average molecular weight is 307 g/mol. The lowest BCUT2D eigenvalue weighted by molar-refractivity contribution is -0.132. The first-order valence-corrected chi connectivity index (χ1v) is 8.40. The summed E-state index contributed by atoms with van der Waals surface area (Å²) in [5.74, 6) is 1.71. The highest BCUT2D eigenvalue weighted by Crippen LogP contribution is 2.24. The molecule has 6 heteroatoms. The van der Waals surface area contributed by atoms with Crippen molar-refractivity contribution in [2.45, 2.75) is 63.3 Å². The predicted octanol–water partition coefficient (Wildman–Crippen LogP) is 2.30. The van der Waals surface area contributed by atoms with Gasteiger partial charge in [0.25, 0.3) is 0 Å². The van der Waals surface area contributed by atoms with Gasteiger partial charge in [0.1, 0.15) is 0 Å². The molecule has 0 bridgehead atoms. The molecule has 0 radical (unpaired) electrons. The maximum Gasteiger partial charge on any atom is 0.227 e. The molecule has 1 aromatic heterocycles.